The third kappa shape index (κ3) is 1.73. The van der Waals surface area contributed by atoms with Crippen LogP contribution in [-0.4, -0.2) is 12.0 Å². The molecule has 0 saturated carbocycles. The molecular formula is C7H7BrN2O2. The van der Waals surface area contributed by atoms with E-state index in [9.17, 15) is 10.1 Å². The van der Waals surface area contributed by atoms with Crippen molar-refractivity contribution < 1.29 is 4.92 Å². The molecule has 64 valence electrons. The van der Waals surface area contributed by atoms with Crippen LogP contribution in [0.1, 0.15) is 0 Å². The molecule has 0 aliphatic carbocycles. The minimum atomic E-state index is -0.426. The molecule has 5 heteroatoms. The topological polar surface area (TPSA) is 55.2 Å². The molecule has 0 atom stereocenters. The quantitative estimate of drug-likeness (QED) is 0.628. The number of rotatable bonds is 2. The first kappa shape index (κ1) is 8.99. The largest absolute Gasteiger partial charge is 0.388 e. The van der Waals surface area contributed by atoms with Crippen LogP contribution in [0.15, 0.2) is 22.7 Å². The lowest BCUT2D eigenvalue weighted by atomic mass is 10.3. The number of nitro benzene ring substituents is 1. The number of halogens is 1. The van der Waals surface area contributed by atoms with E-state index in [0.29, 0.717) is 4.47 Å². The van der Waals surface area contributed by atoms with Gasteiger partial charge in [0, 0.05) is 18.8 Å². The summed E-state index contributed by atoms with van der Waals surface area (Å²) in [7, 11) is 1.72. The Bertz CT molecular complexity index is 314. The fourth-order valence-electron chi connectivity index (χ4n) is 0.808. The number of hydrogen-bond donors (Lipinski definition) is 1. The van der Waals surface area contributed by atoms with Gasteiger partial charge < -0.3 is 5.32 Å². The maximum atomic E-state index is 10.4. The predicted octanol–water partition coefficient (Wildman–Crippen LogP) is 2.40. The molecular weight excluding hydrogens is 224 g/mol. The van der Waals surface area contributed by atoms with Crippen LogP contribution in [0.2, 0.25) is 0 Å². The molecule has 0 aliphatic rings. The highest BCUT2D eigenvalue weighted by Gasteiger charge is 2.11. The maximum Gasteiger partial charge on any atom is 0.285 e. The van der Waals surface area contributed by atoms with E-state index in [0.717, 1.165) is 5.69 Å². The summed E-state index contributed by atoms with van der Waals surface area (Å²) in [6.45, 7) is 0. The van der Waals surface area contributed by atoms with Crippen molar-refractivity contribution in [3.63, 3.8) is 0 Å². The lowest BCUT2D eigenvalue weighted by molar-refractivity contribution is -0.385. The smallest absolute Gasteiger partial charge is 0.285 e. The highest BCUT2D eigenvalue weighted by molar-refractivity contribution is 9.10. The van der Waals surface area contributed by atoms with Gasteiger partial charge >= 0.3 is 0 Å². The fraction of sp³-hybridized carbons (Fsp3) is 0.143. The predicted molar refractivity (Wildman–Crippen MR) is 50.3 cm³/mol. The molecule has 0 heterocycles. The van der Waals surface area contributed by atoms with E-state index in [4.69, 9.17) is 0 Å². The van der Waals surface area contributed by atoms with Gasteiger partial charge in [0.25, 0.3) is 5.69 Å². The van der Waals surface area contributed by atoms with E-state index < -0.39 is 4.92 Å². The van der Waals surface area contributed by atoms with Crippen LogP contribution in [-0.2, 0) is 0 Å². The molecule has 4 nitrogen and oxygen atoms in total. The number of hydrogen-bond acceptors (Lipinski definition) is 3. The first-order chi connectivity index (χ1) is 5.65. The zero-order valence-electron chi connectivity index (χ0n) is 6.37. The Kier molecular flexibility index (Phi) is 2.65. The van der Waals surface area contributed by atoms with Crippen molar-refractivity contribution >= 4 is 27.3 Å². The van der Waals surface area contributed by atoms with E-state index in [1.807, 2.05) is 0 Å². The lowest BCUT2D eigenvalue weighted by Gasteiger charge is -1.99. The Hall–Kier alpha value is -1.10. The normalized spacial score (nSPS) is 9.50. The highest BCUT2D eigenvalue weighted by Crippen LogP contribution is 2.27. The number of benzene rings is 1. The molecule has 1 aromatic carbocycles. The van der Waals surface area contributed by atoms with Gasteiger partial charge in [0.1, 0.15) is 0 Å². The Labute approximate surface area is 77.9 Å². The van der Waals surface area contributed by atoms with Gasteiger partial charge in [-0.15, -0.1) is 0 Å². The molecule has 0 fully saturated rings. The van der Waals surface area contributed by atoms with Gasteiger partial charge in [-0.25, -0.2) is 0 Å². The molecule has 1 rings (SSSR count). The van der Waals surface area contributed by atoms with Crippen LogP contribution >= 0.6 is 15.9 Å². The number of nitro groups is 1. The third-order valence-electron chi connectivity index (χ3n) is 1.43. The Morgan fingerprint density at radius 3 is 2.75 bits per heavy atom. The average molecular weight is 231 g/mol. The summed E-state index contributed by atoms with van der Waals surface area (Å²) < 4.78 is 0.492. The summed E-state index contributed by atoms with van der Waals surface area (Å²) in [4.78, 5) is 10.0. The summed E-state index contributed by atoms with van der Waals surface area (Å²) >= 11 is 3.09. The molecule has 0 bridgehead atoms. The Balaban J connectivity index is 3.17. The van der Waals surface area contributed by atoms with Crippen molar-refractivity contribution in [3.05, 3.63) is 32.8 Å². The van der Waals surface area contributed by atoms with E-state index in [-0.39, 0.29) is 5.69 Å². The van der Waals surface area contributed by atoms with Gasteiger partial charge in [0.05, 0.1) is 9.40 Å². The molecule has 0 unspecified atom stereocenters. The van der Waals surface area contributed by atoms with Crippen molar-refractivity contribution in [3.8, 4) is 0 Å². The second-order valence-corrected chi connectivity index (χ2v) is 3.03. The molecule has 1 N–H and O–H groups in total. The molecule has 0 aromatic heterocycles. The first-order valence-electron chi connectivity index (χ1n) is 3.27. The molecule has 0 saturated heterocycles. The number of nitrogens with zero attached hydrogens (tertiary/aromatic N) is 1. The zero-order valence-corrected chi connectivity index (χ0v) is 7.96. The summed E-state index contributed by atoms with van der Waals surface area (Å²) in [5, 5.41) is 13.3. The summed E-state index contributed by atoms with van der Waals surface area (Å²) in [6.07, 6.45) is 0. The Morgan fingerprint density at radius 2 is 2.25 bits per heavy atom. The van der Waals surface area contributed by atoms with Gasteiger partial charge in [-0.05, 0) is 28.1 Å². The summed E-state index contributed by atoms with van der Waals surface area (Å²) in [5.41, 5.74) is 0.798. The van der Waals surface area contributed by atoms with Gasteiger partial charge in [-0.2, -0.15) is 0 Å². The number of nitrogens with one attached hydrogen (secondary N) is 1. The van der Waals surface area contributed by atoms with Crippen molar-refractivity contribution in [1.82, 2.24) is 0 Å². The van der Waals surface area contributed by atoms with Crippen LogP contribution < -0.4 is 5.32 Å². The van der Waals surface area contributed by atoms with Crippen molar-refractivity contribution in [2.45, 2.75) is 0 Å². The first-order valence-corrected chi connectivity index (χ1v) is 4.06. The minimum Gasteiger partial charge on any atom is -0.388 e. The van der Waals surface area contributed by atoms with Crippen LogP contribution in [0, 0.1) is 10.1 Å². The number of anilines is 1. The monoisotopic (exact) mass is 230 g/mol. The minimum absolute atomic E-state index is 0.0712. The highest BCUT2D eigenvalue weighted by atomic mass is 79.9. The van der Waals surface area contributed by atoms with E-state index in [1.165, 1.54) is 6.07 Å². The van der Waals surface area contributed by atoms with Gasteiger partial charge in [-0.3, -0.25) is 10.1 Å². The fourth-order valence-corrected chi connectivity index (χ4v) is 1.20. The molecule has 0 aliphatic heterocycles. The van der Waals surface area contributed by atoms with Gasteiger partial charge in [0.15, 0.2) is 0 Å². The van der Waals surface area contributed by atoms with E-state index >= 15 is 0 Å². The standard InChI is InChI=1S/C7H7BrN2O2/c1-9-5-2-3-6(8)7(4-5)10(11)12/h2-4,9H,1H3. The molecule has 12 heavy (non-hydrogen) atoms. The van der Waals surface area contributed by atoms with Crippen LogP contribution in [0.25, 0.3) is 0 Å². The van der Waals surface area contributed by atoms with Crippen molar-refractivity contribution in [2.75, 3.05) is 12.4 Å². The second kappa shape index (κ2) is 3.53. The van der Waals surface area contributed by atoms with Gasteiger partial charge in [0.2, 0.25) is 0 Å². The second-order valence-electron chi connectivity index (χ2n) is 2.17. The van der Waals surface area contributed by atoms with Crippen molar-refractivity contribution in [2.24, 2.45) is 0 Å². The average Bonchev–Trinajstić information content (AvgIpc) is 2.05. The molecule has 0 spiro atoms. The SMILES string of the molecule is CNc1ccc(Br)c([N+](=O)[O-])c1. The Morgan fingerprint density at radius 1 is 1.58 bits per heavy atom. The molecule has 0 amide bonds. The van der Waals surface area contributed by atoms with Crippen molar-refractivity contribution in [1.29, 1.82) is 0 Å². The summed E-state index contributed by atoms with van der Waals surface area (Å²) in [5.74, 6) is 0. The van der Waals surface area contributed by atoms with Crippen LogP contribution in [0.3, 0.4) is 0 Å². The maximum absolute atomic E-state index is 10.4. The van der Waals surface area contributed by atoms with E-state index in [1.54, 1.807) is 19.2 Å². The van der Waals surface area contributed by atoms with Crippen LogP contribution in [0.5, 0.6) is 0 Å². The zero-order chi connectivity index (χ0) is 9.14. The molecule has 1 aromatic rings. The van der Waals surface area contributed by atoms with Crippen LogP contribution in [0.4, 0.5) is 11.4 Å². The molecule has 0 radical (unpaired) electrons. The lowest BCUT2D eigenvalue weighted by Crippen LogP contribution is -1.92. The summed E-state index contributed by atoms with van der Waals surface area (Å²) in [6, 6.07) is 4.88. The third-order valence-corrected chi connectivity index (χ3v) is 2.10. The van der Waals surface area contributed by atoms with Gasteiger partial charge in [-0.1, -0.05) is 0 Å². The van der Waals surface area contributed by atoms with E-state index in [2.05, 4.69) is 21.2 Å².